The molecule has 1 amide bonds. The molecule has 0 atom stereocenters. The summed E-state index contributed by atoms with van der Waals surface area (Å²) in [4.78, 5) is 11.3. The summed E-state index contributed by atoms with van der Waals surface area (Å²) < 4.78 is 40.2. The van der Waals surface area contributed by atoms with Crippen molar-refractivity contribution in [3.8, 4) is 0 Å². The normalized spacial score (nSPS) is 11.3. The van der Waals surface area contributed by atoms with Crippen LogP contribution in [-0.2, 0) is 9.53 Å². The number of hydrogen-bond acceptors (Lipinski definition) is 3. The van der Waals surface area contributed by atoms with Crippen LogP contribution in [0.3, 0.4) is 0 Å². The van der Waals surface area contributed by atoms with Crippen molar-refractivity contribution >= 4 is 33.2 Å². The number of rotatable bonds is 4. The Labute approximate surface area is 109 Å². The number of amides is 1. The first-order valence-electron chi connectivity index (χ1n) is 4.77. The maximum Gasteiger partial charge on any atom is 0.411 e. The van der Waals surface area contributed by atoms with E-state index in [0.29, 0.717) is 11.4 Å². The van der Waals surface area contributed by atoms with Crippen molar-refractivity contribution < 1.29 is 22.7 Å². The summed E-state index contributed by atoms with van der Waals surface area (Å²) in [6.45, 7) is -2.15. The van der Waals surface area contributed by atoms with Crippen LogP contribution in [0.15, 0.2) is 22.7 Å². The van der Waals surface area contributed by atoms with Gasteiger partial charge in [0.1, 0.15) is 13.2 Å². The Balaban J connectivity index is 2.45. The third kappa shape index (κ3) is 5.37. The number of ether oxygens (including phenoxy) is 1. The third-order valence-electron chi connectivity index (χ3n) is 1.79. The van der Waals surface area contributed by atoms with Crippen LogP contribution in [0.5, 0.6) is 0 Å². The summed E-state index contributed by atoms with van der Waals surface area (Å²) >= 11 is 3.18. The Morgan fingerprint density at radius 3 is 2.67 bits per heavy atom. The molecule has 4 nitrogen and oxygen atoms in total. The van der Waals surface area contributed by atoms with Gasteiger partial charge >= 0.3 is 6.18 Å². The van der Waals surface area contributed by atoms with E-state index in [1.165, 1.54) is 6.07 Å². The second-order valence-electron chi connectivity index (χ2n) is 3.39. The number of carbonyl (C=O) groups excluding carboxylic acids is 1. The molecule has 0 bridgehead atoms. The van der Waals surface area contributed by atoms with Gasteiger partial charge in [0.25, 0.3) is 0 Å². The Morgan fingerprint density at radius 1 is 1.44 bits per heavy atom. The van der Waals surface area contributed by atoms with Crippen molar-refractivity contribution in [3.63, 3.8) is 0 Å². The SMILES string of the molecule is Nc1cc(Br)ccc1NC(=O)COCC(F)(F)F. The molecular formula is C10H10BrF3N2O2. The predicted octanol–water partition coefficient (Wildman–Crippen LogP) is 2.55. The fourth-order valence-electron chi connectivity index (χ4n) is 1.09. The lowest BCUT2D eigenvalue weighted by molar-refractivity contribution is -0.174. The molecule has 0 radical (unpaired) electrons. The largest absolute Gasteiger partial charge is 0.411 e. The molecule has 0 saturated heterocycles. The minimum Gasteiger partial charge on any atom is -0.397 e. The minimum atomic E-state index is -4.45. The summed E-state index contributed by atoms with van der Waals surface area (Å²) in [5.74, 6) is -0.701. The average molecular weight is 327 g/mol. The number of nitrogens with two attached hydrogens (primary N) is 1. The molecule has 0 aromatic heterocycles. The highest BCUT2D eigenvalue weighted by atomic mass is 79.9. The van der Waals surface area contributed by atoms with Gasteiger partial charge in [0.05, 0.1) is 11.4 Å². The van der Waals surface area contributed by atoms with Crippen molar-refractivity contribution in [2.75, 3.05) is 24.3 Å². The molecule has 0 unspecified atom stereocenters. The molecule has 18 heavy (non-hydrogen) atoms. The molecule has 0 saturated carbocycles. The van der Waals surface area contributed by atoms with E-state index in [9.17, 15) is 18.0 Å². The summed E-state index contributed by atoms with van der Waals surface area (Å²) in [6, 6.07) is 4.73. The van der Waals surface area contributed by atoms with Crippen LogP contribution in [0.1, 0.15) is 0 Å². The highest BCUT2D eigenvalue weighted by Crippen LogP contribution is 2.22. The number of hydrogen-bond donors (Lipinski definition) is 2. The molecule has 0 fully saturated rings. The Morgan fingerprint density at radius 2 is 2.11 bits per heavy atom. The van der Waals surface area contributed by atoms with Crippen LogP contribution in [0, 0.1) is 0 Å². The fraction of sp³-hybridized carbons (Fsp3) is 0.300. The van der Waals surface area contributed by atoms with E-state index in [-0.39, 0.29) is 0 Å². The maximum atomic E-state index is 11.8. The molecule has 0 spiro atoms. The first kappa shape index (κ1) is 14.8. The smallest absolute Gasteiger partial charge is 0.397 e. The topological polar surface area (TPSA) is 64.3 Å². The molecule has 3 N–H and O–H groups in total. The first-order valence-corrected chi connectivity index (χ1v) is 5.56. The van der Waals surface area contributed by atoms with Crippen LogP contribution >= 0.6 is 15.9 Å². The van der Waals surface area contributed by atoms with E-state index in [4.69, 9.17) is 5.73 Å². The number of anilines is 2. The maximum absolute atomic E-state index is 11.8. The van der Waals surface area contributed by atoms with Crippen molar-refractivity contribution in [1.29, 1.82) is 0 Å². The molecule has 0 aliphatic heterocycles. The fourth-order valence-corrected chi connectivity index (χ4v) is 1.47. The van der Waals surface area contributed by atoms with Crippen LogP contribution in [0.4, 0.5) is 24.5 Å². The van der Waals surface area contributed by atoms with Crippen LogP contribution in [0.25, 0.3) is 0 Å². The Hall–Kier alpha value is -1.28. The van der Waals surface area contributed by atoms with E-state index in [2.05, 4.69) is 26.0 Å². The van der Waals surface area contributed by atoms with Gasteiger partial charge in [-0.15, -0.1) is 0 Å². The average Bonchev–Trinajstić information content (AvgIpc) is 2.20. The third-order valence-corrected chi connectivity index (χ3v) is 2.28. The van der Waals surface area contributed by atoms with E-state index in [1.807, 2.05) is 0 Å². The second kappa shape index (κ2) is 6.05. The predicted molar refractivity (Wildman–Crippen MR) is 64.1 cm³/mol. The van der Waals surface area contributed by atoms with Gasteiger partial charge < -0.3 is 15.8 Å². The minimum absolute atomic E-state index is 0.300. The van der Waals surface area contributed by atoms with E-state index in [0.717, 1.165) is 4.47 Å². The van der Waals surface area contributed by atoms with Crippen LogP contribution < -0.4 is 11.1 Å². The summed E-state index contributed by atoms with van der Waals surface area (Å²) in [5, 5.41) is 2.35. The highest BCUT2D eigenvalue weighted by molar-refractivity contribution is 9.10. The van der Waals surface area contributed by atoms with Gasteiger partial charge in [-0.25, -0.2) is 0 Å². The Kier molecular flexibility index (Phi) is 4.97. The number of nitrogens with one attached hydrogen (secondary N) is 1. The Bertz CT molecular complexity index is 438. The number of carbonyl (C=O) groups is 1. The standard InChI is InChI=1S/C10H10BrF3N2O2/c11-6-1-2-8(7(15)3-6)16-9(17)4-18-5-10(12,13)14/h1-3H,4-5,15H2,(H,16,17). The van der Waals surface area contributed by atoms with E-state index < -0.39 is 25.3 Å². The number of benzene rings is 1. The lowest BCUT2D eigenvalue weighted by atomic mass is 10.2. The van der Waals surface area contributed by atoms with Crippen molar-refractivity contribution in [3.05, 3.63) is 22.7 Å². The van der Waals surface area contributed by atoms with Crippen LogP contribution in [0.2, 0.25) is 0 Å². The molecule has 1 rings (SSSR count). The molecule has 0 aliphatic carbocycles. The van der Waals surface area contributed by atoms with Gasteiger partial charge in [-0.05, 0) is 18.2 Å². The van der Waals surface area contributed by atoms with Gasteiger partial charge in [0.15, 0.2) is 0 Å². The van der Waals surface area contributed by atoms with Crippen LogP contribution in [-0.4, -0.2) is 25.3 Å². The number of halogens is 4. The zero-order valence-electron chi connectivity index (χ0n) is 9.05. The van der Waals surface area contributed by atoms with Gasteiger partial charge in [0, 0.05) is 4.47 Å². The lowest BCUT2D eigenvalue weighted by Gasteiger charge is -2.10. The molecule has 100 valence electrons. The van der Waals surface area contributed by atoms with Gasteiger partial charge in [-0.1, -0.05) is 15.9 Å². The number of alkyl halides is 3. The number of nitrogen functional groups attached to an aromatic ring is 1. The lowest BCUT2D eigenvalue weighted by Crippen LogP contribution is -2.24. The summed E-state index contributed by atoms with van der Waals surface area (Å²) in [7, 11) is 0. The zero-order valence-corrected chi connectivity index (χ0v) is 10.6. The van der Waals surface area contributed by atoms with Gasteiger partial charge in [-0.2, -0.15) is 13.2 Å². The molecule has 1 aromatic carbocycles. The summed E-state index contributed by atoms with van der Waals surface area (Å²) in [5.41, 5.74) is 6.22. The highest BCUT2D eigenvalue weighted by Gasteiger charge is 2.27. The van der Waals surface area contributed by atoms with E-state index >= 15 is 0 Å². The molecular weight excluding hydrogens is 317 g/mol. The van der Waals surface area contributed by atoms with Crippen molar-refractivity contribution in [2.45, 2.75) is 6.18 Å². The quantitative estimate of drug-likeness (QED) is 0.836. The molecule has 8 heteroatoms. The first-order chi connectivity index (χ1) is 8.28. The van der Waals surface area contributed by atoms with E-state index in [1.54, 1.807) is 12.1 Å². The summed E-state index contributed by atoms with van der Waals surface area (Å²) in [6.07, 6.45) is -4.45. The van der Waals surface area contributed by atoms with Crippen molar-refractivity contribution in [2.24, 2.45) is 0 Å². The van der Waals surface area contributed by atoms with Gasteiger partial charge in [-0.3, -0.25) is 4.79 Å². The second-order valence-corrected chi connectivity index (χ2v) is 4.30. The molecule has 0 heterocycles. The molecule has 1 aromatic rings. The monoisotopic (exact) mass is 326 g/mol. The molecule has 0 aliphatic rings. The van der Waals surface area contributed by atoms with Gasteiger partial charge in [0.2, 0.25) is 5.91 Å². The zero-order chi connectivity index (χ0) is 13.8. The van der Waals surface area contributed by atoms with Crippen molar-refractivity contribution in [1.82, 2.24) is 0 Å².